The number of ether oxygens (including phenoxy) is 1. The molecule has 0 saturated carbocycles. The fraction of sp³-hybridized carbons (Fsp3) is 0.632. The maximum Gasteiger partial charge on any atom is 0.129 e. The zero-order valence-corrected chi connectivity index (χ0v) is 14.9. The second kappa shape index (κ2) is 16.7. The Hall–Kier alpha value is -1.31. The zero-order valence-electron chi connectivity index (χ0n) is 14.9. The SMILES string of the molecule is CC.CC.CCOc1cccc(CCCCCC(C)=O)c1. The van der Waals surface area contributed by atoms with Gasteiger partial charge in [-0.25, -0.2) is 0 Å². The van der Waals surface area contributed by atoms with Gasteiger partial charge in [0.15, 0.2) is 0 Å². The lowest BCUT2D eigenvalue weighted by molar-refractivity contribution is -0.117. The fourth-order valence-electron chi connectivity index (χ4n) is 1.84. The van der Waals surface area contributed by atoms with Crippen LogP contribution in [0.3, 0.4) is 0 Å². The van der Waals surface area contributed by atoms with Crippen LogP contribution in [0.2, 0.25) is 0 Å². The predicted molar refractivity (Wildman–Crippen MR) is 93.2 cm³/mol. The van der Waals surface area contributed by atoms with E-state index in [-0.39, 0.29) is 0 Å². The van der Waals surface area contributed by atoms with Crippen LogP contribution in [0.15, 0.2) is 24.3 Å². The van der Waals surface area contributed by atoms with Crippen molar-refractivity contribution in [1.82, 2.24) is 0 Å². The maximum absolute atomic E-state index is 10.8. The normalized spacial score (nSPS) is 8.86. The smallest absolute Gasteiger partial charge is 0.129 e. The third-order valence-electron chi connectivity index (χ3n) is 2.70. The van der Waals surface area contributed by atoms with Crippen LogP contribution in [0.4, 0.5) is 0 Å². The first-order valence-corrected chi connectivity index (χ1v) is 8.43. The highest BCUT2D eigenvalue weighted by atomic mass is 16.5. The molecule has 0 aromatic heterocycles. The van der Waals surface area contributed by atoms with Crippen LogP contribution in [0.5, 0.6) is 5.75 Å². The third-order valence-corrected chi connectivity index (χ3v) is 2.70. The number of unbranched alkanes of at least 4 members (excludes halogenated alkanes) is 2. The minimum absolute atomic E-state index is 0.295. The summed E-state index contributed by atoms with van der Waals surface area (Å²) in [6.45, 7) is 12.4. The molecular formula is C19H34O2. The summed E-state index contributed by atoms with van der Waals surface area (Å²) in [4.78, 5) is 10.8. The van der Waals surface area contributed by atoms with Gasteiger partial charge in [-0.3, -0.25) is 0 Å². The van der Waals surface area contributed by atoms with Gasteiger partial charge in [0.2, 0.25) is 0 Å². The third kappa shape index (κ3) is 13.4. The van der Waals surface area contributed by atoms with Crippen molar-refractivity contribution in [2.45, 2.75) is 73.6 Å². The number of rotatable bonds is 8. The second-order valence-corrected chi connectivity index (χ2v) is 4.34. The van der Waals surface area contributed by atoms with Crippen LogP contribution in [-0.4, -0.2) is 12.4 Å². The summed E-state index contributed by atoms with van der Waals surface area (Å²) in [6.07, 6.45) is 5.07. The summed E-state index contributed by atoms with van der Waals surface area (Å²) < 4.78 is 5.46. The number of hydrogen-bond acceptors (Lipinski definition) is 2. The first-order chi connectivity index (χ1) is 10.2. The lowest BCUT2D eigenvalue weighted by Gasteiger charge is -2.05. The molecule has 0 atom stereocenters. The van der Waals surface area contributed by atoms with E-state index in [2.05, 4.69) is 12.1 Å². The van der Waals surface area contributed by atoms with E-state index in [1.165, 1.54) is 5.56 Å². The van der Waals surface area contributed by atoms with Gasteiger partial charge in [0, 0.05) is 6.42 Å². The molecule has 0 bridgehead atoms. The molecule has 1 rings (SSSR count). The summed E-state index contributed by atoms with van der Waals surface area (Å²) in [6, 6.07) is 8.26. The van der Waals surface area contributed by atoms with Crippen molar-refractivity contribution in [2.75, 3.05) is 6.61 Å². The number of Topliss-reactive ketones (excluding diaryl/α,β-unsaturated/α-hetero) is 1. The Bertz CT molecular complexity index is 345. The molecule has 2 heteroatoms. The topological polar surface area (TPSA) is 26.3 Å². The minimum Gasteiger partial charge on any atom is -0.494 e. The van der Waals surface area contributed by atoms with Crippen LogP contribution < -0.4 is 4.74 Å². The van der Waals surface area contributed by atoms with E-state index in [0.717, 1.165) is 37.9 Å². The van der Waals surface area contributed by atoms with Gasteiger partial charge in [-0.1, -0.05) is 46.2 Å². The summed E-state index contributed by atoms with van der Waals surface area (Å²) in [5.41, 5.74) is 1.32. The van der Waals surface area contributed by atoms with Crippen LogP contribution >= 0.6 is 0 Å². The van der Waals surface area contributed by atoms with Crippen molar-refractivity contribution >= 4 is 5.78 Å². The van der Waals surface area contributed by atoms with Crippen molar-refractivity contribution in [2.24, 2.45) is 0 Å². The highest BCUT2D eigenvalue weighted by Gasteiger charge is 1.98. The van der Waals surface area contributed by atoms with Gasteiger partial charge in [0.05, 0.1) is 6.61 Å². The van der Waals surface area contributed by atoms with E-state index >= 15 is 0 Å². The maximum atomic E-state index is 10.8. The molecule has 0 aliphatic carbocycles. The van der Waals surface area contributed by atoms with Gasteiger partial charge in [0.1, 0.15) is 11.5 Å². The molecule has 2 nitrogen and oxygen atoms in total. The Morgan fingerprint density at radius 2 is 1.71 bits per heavy atom. The molecule has 0 saturated heterocycles. The van der Waals surface area contributed by atoms with Crippen molar-refractivity contribution in [1.29, 1.82) is 0 Å². The summed E-state index contributed by atoms with van der Waals surface area (Å²) in [5, 5.41) is 0. The molecule has 0 unspecified atom stereocenters. The van der Waals surface area contributed by atoms with Gasteiger partial charge < -0.3 is 9.53 Å². The average molecular weight is 294 g/mol. The number of benzene rings is 1. The Labute approximate surface area is 131 Å². The quantitative estimate of drug-likeness (QED) is 0.564. The number of hydrogen-bond donors (Lipinski definition) is 0. The molecule has 21 heavy (non-hydrogen) atoms. The molecule has 0 aliphatic rings. The Balaban J connectivity index is 0. The highest BCUT2D eigenvalue weighted by Crippen LogP contribution is 2.15. The van der Waals surface area contributed by atoms with Gasteiger partial charge in [-0.05, 0) is 50.8 Å². The van der Waals surface area contributed by atoms with Crippen molar-refractivity contribution in [3.05, 3.63) is 29.8 Å². The van der Waals surface area contributed by atoms with Gasteiger partial charge >= 0.3 is 0 Å². The highest BCUT2D eigenvalue weighted by molar-refractivity contribution is 5.75. The number of aryl methyl sites for hydroxylation is 1. The molecule has 122 valence electrons. The molecule has 0 fully saturated rings. The van der Waals surface area contributed by atoms with E-state index in [9.17, 15) is 4.79 Å². The van der Waals surface area contributed by atoms with E-state index in [1.807, 2.05) is 46.8 Å². The first kappa shape index (κ1) is 22.0. The standard InChI is InChI=1S/C15H22O2.2C2H6/c1-3-17-15-11-7-10-14(12-15)9-6-4-5-8-13(2)16;2*1-2/h7,10-12H,3-6,8-9H2,1-2H3;2*1-2H3. The lowest BCUT2D eigenvalue weighted by Crippen LogP contribution is -1.93. The number of carbonyl (C=O) groups is 1. The molecule has 0 radical (unpaired) electrons. The first-order valence-electron chi connectivity index (χ1n) is 8.43. The van der Waals surface area contributed by atoms with Gasteiger partial charge in [0.25, 0.3) is 0 Å². The lowest BCUT2D eigenvalue weighted by atomic mass is 10.1. The van der Waals surface area contributed by atoms with Crippen LogP contribution in [0.1, 0.15) is 72.8 Å². The Kier molecular flexibility index (Phi) is 17.5. The molecule has 0 aliphatic heterocycles. The monoisotopic (exact) mass is 294 g/mol. The zero-order chi connectivity index (χ0) is 16.5. The largest absolute Gasteiger partial charge is 0.494 e. The van der Waals surface area contributed by atoms with E-state index in [1.54, 1.807) is 6.92 Å². The molecule has 0 spiro atoms. The fourth-order valence-corrected chi connectivity index (χ4v) is 1.84. The van der Waals surface area contributed by atoms with E-state index in [0.29, 0.717) is 12.4 Å². The number of carbonyl (C=O) groups excluding carboxylic acids is 1. The molecule has 0 N–H and O–H groups in total. The van der Waals surface area contributed by atoms with Crippen LogP contribution in [0.25, 0.3) is 0 Å². The van der Waals surface area contributed by atoms with Gasteiger partial charge in [-0.2, -0.15) is 0 Å². The van der Waals surface area contributed by atoms with Crippen LogP contribution in [-0.2, 0) is 11.2 Å². The van der Waals surface area contributed by atoms with Crippen molar-refractivity contribution in [3.8, 4) is 5.75 Å². The number of ketones is 1. The molecule has 1 aromatic carbocycles. The summed E-state index contributed by atoms with van der Waals surface area (Å²) in [5.74, 6) is 1.25. The molecular weight excluding hydrogens is 260 g/mol. The minimum atomic E-state index is 0.295. The Morgan fingerprint density at radius 1 is 1.05 bits per heavy atom. The summed E-state index contributed by atoms with van der Waals surface area (Å²) >= 11 is 0. The van der Waals surface area contributed by atoms with Gasteiger partial charge in [-0.15, -0.1) is 0 Å². The van der Waals surface area contributed by atoms with Crippen LogP contribution in [0, 0.1) is 0 Å². The van der Waals surface area contributed by atoms with E-state index in [4.69, 9.17) is 4.74 Å². The molecule has 0 amide bonds. The second-order valence-electron chi connectivity index (χ2n) is 4.34. The summed E-state index contributed by atoms with van der Waals surface area (Å²) in [7, 11) is 0. The Morgan fingerprint density at radius 3 is 2.29 bits per heavy atom. The predicted octanol–water partition coefficient (Wildman–Crippen LogP) is 5.83. The van der Waals surface area contributed by atoms with Crippen molar-refractivity contribution in [3.63, 3.8) is 0 Å². The van der Waals surface area contributed by atoms with E-state index < -0.39 is 0 Å². The average Bonchev–Trinajstić information content (AvgIpc) is 2.51. The molecule has 1 aromatic rings. The molecule has 0 heterocycles. The van der Waals surface area contributed by atoms with Crippen molar-refractivity contribution < 1.29 is 9.53 Å².